The molecule has 0 bridgehead atoms. The zero-order valence-electron chi connectivity index (χ0n) is 13.1. The number of rotatable bonds is 5. The third-order valence-electron chi connectivity index (χ3n) is 4.01. The van der Waals surface area contributed by atoms with Crippen LogP contribution in [-0.4, -0.2) is 16.5 Å². The lowest BCUT2D eigenvalue weighted by molar-refractivity contribution is -0.125. The van der Waals surface area contributed by atoms with Gasteiger partial charge < -0.3 is 5.11 Å². The van der Waals surface area contributed by atoms with E-state index in [2.05, 4.69) is 6.92 Å². The minimum absolute atomic E-state index is 0.119. The van der Waals surface area contributed by atoms with Crippen LogP contribution in [0.1, 0.15) is 79.1 Å². The van der Waals surface area contributed by atoms with Gasteiger partial charge in [-0.3, -0.25) is 4.79 Å². The summed E-state index contributed by atoms with van der Waals surface area (Å²) in [5, 5.41) is 10.9. The number of Topliss-reactive ketones (excluding diaryl/α,β-unsaturated/α-hetero) is 1. The van der Waals surface area contributed by atoms with E-state index >= 15 is 0 Å². The molecule has 1 aliphatic rings. The van der Waals surface area contributed by atoms with Crippen molar-refractivity contribution >= 4 is 5.78 Å². The van der Waals surface area contributed by atoms with Gasteiger partial charge in [-0.1, -0.05) is 65.9 Å². The molecule has 0 radical (unpaired) electrons. The lowest BCUT2D eigenvalue weighted by Crippen LogP contribution is -2.40. The van der Waals surface area contributed by atoms with E-state index in [9.17, 15) is 9.90 Å². The summed E-state index contributed by atoms with van der Waals surface area (Å²) in [5.74, 6) is 0.119. The molecule has 1 aliphatic carbocycles. The Morgan fingerprint density at radius 3 is 2.26 bits per heavy atom. The van der Waals surface area contributed by atoms with Crippen molar-refractivity contribution in [1.29, 1.82) is 0 Å². The van der Waals surface area contributed by atoms with Gasteiger partial charge in [0.15, 0.2) is 5.78 Å². The van der Waals surface area contributed by atoms with Crippen molar-refractivity contribution in [2.75, 3.05) is 0 Å². The number of hydrogen-bond donors (Lipinski definition) is 1. The Hall–Kier alpha value is -0.630. The third kappa shape index (κ3) is 4.45. The topological polar surface area (TPSA) is 37.3 Å². The van der Waals surface area contributed by atoms with Gasteiger partial charge in [0.1, 0.15) is 0 Å². The lowest BCUT2D eigenvalue weighted by atomic mass is 9.72. The van der Waals surface area contributed by atoms with E-state index in [0.717, 1.165) is 44.9 Å². The third-order valence-corrected chi connectivity index (χ3v) is 4.01. The zero-order valence-corrected chi connectivity index (χ0v) is 13.1. The van der Waals surface area contributed by atoms with E-state index in [4.69, 9.17) is 0 Å². The fraction of sp³-hybridized carbons (Fsp3) is 0.824. The van der Waals surface area contributed by atoms with Crippen LogP contribution in [0, 0.1) is 5.41 Å². The molecular formula is C17H30O2. The molecule has 0 aromatic carbocycles. The Morgan fingerprint density at radius 1 is 1.21 bits per heavy atom. The highest BCUT2D eigenvalue weighted by Crippen LogP contribution is 2.38. The predicted octanol–water partition coefficient (Wildman–Crippen LogP) is 4.41. The van der Waals surface area contributed by atoms with Gasteiger partial charge in [-0.05, 0) is 19.3 Å². The normalized spacial score (nSPS) is 20.4. The molecule has 1 N–H and O–H groups in total. The smallest absolute Gasteiger partial charge is 0.166 e. The minimum Gasteiger partial charge on any atom is -0.385 e. The minimum atomic E-state index is -0.865. The molecule has 2 nitrogen and oxygen atoms in total. The van der Waals surface area contributed by atoms with Crippen molar-refractivity contribution in [2.24, 2.45) is 5.41 Å². The number of allylic oxidation sites excluding steroid dienone is 1. The van der Waals surface area contributed by atoms with Crippen LogP contribution in [-0.2, 0) is 4.79 Å². The van der Waals surface area contributed by atoms with Gasteiger partial charge in [-0.25, -0.2) is 0 Å². The molecule has 1 fully saturated rings. The quantitative estimate of drug-likeness (QED) is 0.591. The lowest BCUT2D eigenvalue weighted by Gasteiger charge is -2.36. The number of ketones is 1. The van der Waals surface area contributed by atoms with Crippen LogP contribution >= 0.6 is 0 Å². The molecule has 0 aromatic rings. The van der Waals surface area contributed by atoms with Crippen LogP contribution in [0.3, 0.4) is 0 Å². The molecule has 0 aromatic heterocycles. The van der Waals surface area contributed by atoms with Gasteiger partial charge in [0.05, 0.1) is 5.60 Å². The Morgan fingerprint density at radius 2 is 1.79 bits per heavy atom. The standard InChI is InChI=1S/C17H30O2/c1-5-6-8-11-14(15(18)16(2,3)4)17(19)12-9-7-10-13-17/h11,19H,5-10,12-13H2,1-4H3/b14-11+. The Bertz CT molecular complexity index is 328. The van der Waals surface area contributed by atoms with Crippen LogP contribution in [0.2, 0.25) is 0 Å². The molecule has 19 heavy (non-hydrogen) atoms. The Kier molecular flexibility index (Phi) is 5.79. The molecule has 0 unspecified atom stereocenters. The molecule has 0 aliphatic heterocycles. The molecule has 0 heterocycles. The first-order valence-corrected chi connectivity index (χ1v) is 7.79. The molecule has 0 amide bonds. The molecule has 1 rings (SSSR count). The summed E-state index contributed by atoms with van der Waals surface area (Å²) in [5.41, 5.74) is -0.588. The maximum absolute atomic E-state index is 12.6. The molecule has 1 saturated carbocycles. The van der Waals surface area contributed by atoms with Crippen molar-refractivity contribution < 1.29 is 9.90 Å². The number of hydrogen-bond acceptors (Lipinski definition) is 2. The molecule has 0 spiro atoms. The maximum atomic E-state index is 12.6. The van der Waals surface area contributed by atoms with E-state index in [1.165, 1.54) is 6.42 Å². The SMILES string of the molecule is CCCC/C=C(\C(=O)C(C)(C)C)C1(O)CCCCC1. The fourth-order valence-electron chi connectivity index (χ4n) is 2.75. The van der Waals surface area contributed by atoms with Gasteiger partial charge in [0.2, 0.25) is 0 Å². The van der Waals surface area contributed by atoms with Crippen molar-refractivity contribution in [3.8, 4) is 0 Å². The molecule has 0 atom stereocenters. The molecular weight excluding hydrogens is 236 g/mol. The summed E-state index contributed by atoms with van der Waals surface area (Å²) in [4.78, 5) is 12.6. The van der Waals surface area contributed by atoms with E-state index in [-0.39, 0.29) is 5.78 Å². The predicted molar refractivity (Wildman–Crippen MR) is 80.1 cm³/mol. The summed E-state index contributed by atoms with van der Waals surface area (Å²) < 4.78 is 0. The van der Waals surface area contributed by atoms with Crippen LogP contribution < -0.4 is 0 Å². The van der Waals surface area contributed by atoms with Crippen LogP contribution in [0.25, 0.3) is 0 Å². The first kappa shape index (κ1) is 16.4. The maximum Gasteiger partial charge on any atom is 0.166 e. The summed E-state index contributed by atoms with van der Waals surface area (Å²) in [6, 6.07) is 0. The van der Waals surface area contributed by atoms with E-state index in [1.807, 2.05) is 26.8 Å². The van der Waals surface area contributed by atoms with Gasteiger partial charge >= 0.3 is 0 Å². The van der Waals surface area contributed by atoms with Crippen molar-refractivity contribution in [3.63, 3.8) is 0 Å². The average molecular weight is 266 g/mol. The van der Waals surface area contributed by atoms with E-state index in [1.54, 1.807) is 0 Å². The number of aliphatic hydroxyl groups is 1. The van der Waals surface area contributed by atoms with Crippen molar-refractivity contribution in [2.45, 2.75) is 84.7 Å². The van der Waals surface area contributed by atoms with E-state index in [0.29, 0.717) is 5.57 Å². The highest BCUT2D eigenvalue weighted by molar-refractivity contribution is 6.00. The highest BCUT2D eigenvalue weighted by Gasteiger charge is 2.39. The van der Waals surface area contributed by atoms with Gasteiger partial charge in [-0.15, -0.1) is 0 Å². The molecule has 2 heteroatoms. The second kappa shape index (κ2) is 6.69. The van der Waals surface area contributed by atoms with E-state index < -0.39 is 11.0 Å². The summed E-state index contributed by atoms with van der Waals surface area (Å²) in [7, 11) is 0. The summed E-state index contributed by atoms with van der Waals surface area (Å²) in [6.07, 6.45) is 9.83. The van der Waals surface area contributed by atoms with Crippen LogP contribution in [0.4, 0.5) is 0 Å². The van der Waals surface area contributed by atoms with Crippen LogP contribution in [0.15, 0.2) is 11.6 Å². The first-order chi connectivity index (χ1) is 8.81. The fourth-order valence-corrected chi connectivity index (χ4v) is 2.75. The van der Waals surface area contributed by atoms with Gasteiger partial charge in [0.25, 0.3) is 0 Å². The van der Waals surface area contributed by atoms with Gasteiger partial charge in [0, 0.05) is 11.0 Å². The monoisotopic (exact) mass is 266 g/mol. The highest BCUT2D eigenvalue weighted by atomic mass is 16.3. The van der Waals surface area contributed by atoms with Gasteiger partial charge in [-0.2, -0.15) is 0 Å². The average Bonchev–Trinajstić information content (AvgIpc) is 2.33. The summed E-state index contributed by atoms with van der Waals surface area (Å²) in [6.45, 7) is 7.97. The van der Waals surface area contributed by atoms with Crippen molar-refractivity contribution in [1.82, 2.24) is 0 Å². The molecule has 110 valence electrons. The van der Waals surface area contributed by atoms with Crippen molar-refractivity contribution in [3.05, 3.63) is 11.6 Å². The second-order valence-electron chi connectivity index (χ2n) is 6.93. The largest absolute Gasteiger partial charge is 0.385 e. The first-order valence-electron chi connectivity index (χ1n) is 7.79. The number of carbonyl (C=O) groups is 1. The Balaban J connectivity index is 2.97. The number of unbranched alkanes of at least 4 members (excludes halogenated alkanes) is 2. The summed E-state index contributed by atoms with van der Waals surface area (Å²) >= 11 is 0. The second-order valence-corrected chi connectivity index (χ2v) is 6.93. The number of carbonyl (C=O) groups excluding carboxylic acids is 1. The zero-order chi connectivity index (χ0) is 14.5. The van der Waals surface area contributed by atoms with Crippen LogP contribution in [0.5, 0.6) is 0 Å². The molecule has 0 saturated heterocycles. The Labute approximate surface area is 118 Å².